The van der Waals surface area contributed by atoms with E-state index in [1.54, 1.807) is 17.6 Å². The SMILES string of the molecule is CC(=O)N1CC(C)N(c2cncc(-c3cc(-c4cnnn4C(C)C)c4c(N)ncnn34)c2)C(C)C1. The van der Waals surface area contributed by atoms with Crippen LogP contribution in [0.3, 0.4) is 0 Å². The van der Waals surface area contributed by atoms with Crippen LogP contribution < -0.4 is 10.6 Å². The van der Waals surface area contributed by atoms with E-state index in [2.05, 4.69) is 64.0 Å². The second-order valence-corrected chi connectivity index (χ2v) is 9.47. The predicted molar refractivity (Wildman–Crippen MR) is 134 cm³/mol. The quantitative estimate of drug-likeness (QED) is 0.479. The Morgan fingerprint density at radius 1 is 1.09 bits per heavy atom. The normalized spacial score (nSPS) is 18.6. The molecule has 2 atom stereocenters. The number of aromatic nitrogens is 7. The van der Waals surface area contributed by atoms with Gasteiger partial charge < -0.3 is 15.5 Å². The van der Waals surface area contributed by atoms with Crippen LogP contribution in [0.1, 0.15) is 40.7 Å². The van der Waals surface area contributed by atoms with Crippen molar-refractivity contribution in [1.29, 1.82) is 0 Å². The van der Waals surface area contributed by atoms with Crippen molar-refractivity contribution in [2.75, 3.05) is 23.7 Å². The lowest BCUT2D eigenvalue weighted by atomic mass is 10.1. The van der Waals surface area contributed by atoms with Gasteiger partial charge in [0.05, 0.1) is 29.5 Å². The van der Waals surface area contributed by atoms with Gasteiger partial charge in [-0.3, -0.25) is 9.78 Å². The first kappa shape index (κ1) is 22.8. The zero-order chi connectivity index (χ0) is 24.9. The van der Waals surface area contributed by atoms with Gasteiger partial charge in [-0.15, -0.1) is 5.10 Å². The molecule has 0 aliphatic carbocycles. The lowest BCUT2D eigenvalue weighted by molar-refractivity contribution is -0.130. The Labute approximate surface area is 203 Å². The number of fused-ring (bicyclic) bond motifs is 1. The van der Waals surface area contributed by atoms with E-state index in [1.807, 2.05) is 28.0 Å². The van der Waals surface area contributed by atoms with Gasteiger partial charge >= 0.3 is 0 Å². The zero-order valence-corrected chi connectivity index (χ0v) is 20.6. The van der Waals surface area contributed by atoms with Gasteiger partial charge in [-0.2, -0.15) is 5.10 Å². The predicted octanol–water partition coefficient (Wildman–Crippen LogP) is 2.66. The fourth-order valence-electron chi connectivity index (χ4n) is 5.08. The summed E-state index contributed by atoms with van der Waals surface area (Å²) in [5, 5.41) is 12.9. The minimum atomic E-state index is 0.106. The van der Waals surface area contributed by atoms with Crippen molar-refractivity contribution in [3.8, 4) is 22.5 Å². The van der Waals surface area contributed by atoms with Crippen LogP contribution >= 0.6 is 0 Å². The third-order valence-corrected chi connectivity index (χ3v) is 6.60. The van der Waals surface area contributed by atoms with E-state index in [1.165, 1.54) is 6.33 Å². The summed E-state index contributed by atoms with van der Waals surface area (Å²) in [6.45, 7) is 11.4. The van der Waals surface area contributed by atoms with Gasteiger partial charge in [0.1, 0.15) is 11.8 Å². The van der Waals surface area contributed by atoms with Crippen molar-refractivity contribution in [3.63, 3.8) is 0 Å². The molecule has 182 valence electrons. The first-order chi connectivity index (χ1) is 16.8. The fraction of sp³-hybridized carbons (Fsp3) is 0.417. The molecule has 11 nitrogen and oxygen atoms in total. The van der Waals surface area contributed by atoms with Gasteiger partial charge in [-0.25, -0.2) is 14.2 Å². The Balaban J connectivity index is 1.61. The summed E-state index contributed by atoms with van der Waals surface area (Å²) in [4.78, 5) is 25.0. The van der Waals surface area contributed by atoms with Crippen LogP contribution in [0, 0.1) is 0 Å². The number of pyridine rings is 1. The standard InChI is InChI=1S/C24H30N10O/c1-14(2)33-22(10-28-30-33)20-7-21(34-23(20)24(25)27-13-29-34)18-6-19(9-26-8-18)32-15(3)11-31(17(5)35)12-16(32)4/h6-10,13-16H,11-12H2,1-5H3,(H2,25,27,29). The van der Waals surface area contributed by atoms with Gasteiger partial charge in [0.15, 0.2) is 5.82 Å². The van der Waals surface area contributed by atoms with Crippen molar-refractivity contribution in [3.05, 3.63) is 37.1 Å². The smallest absolute Gasteiger partial charge is 0.219 e. The Hall–Kier alpha value is -4.02. The van der Waals surface area contributed by atoms with Crippen LogP contribution in [0.5, 0.6) is 0 Å². The Bertz CT molecular complexity index is 1380. The molecular formula is C24H30N10O. The second kappa shape index (κ2) is 8.64. The van der Waals surface area contributed by atoms with Crippen LogP contribution in [-0.4, -0.2) is 70.6 Å². The van der Waals surface area contributed by atoms with E-state index in [0.29, 0.717) is 24.4 Å². The van der Waals surface area contributed by atoms with Crippen molar-refractivity contribution < 1.29 is 4.79 Å². The average molecular weight is 475 g/mol. The zero-order valence-electron chi connectivity index (χ0n) is 20.6. The first-order valence-electron chi connectivity index (χ1n) is 11.8. The summed E-state index contributed by atoms with van der Waals surface area (Å²) in [7, 11) is 0. The highest BCUT2D eigenvalue weighted by Gasteiger charge is 2.31. The minimum absolute atomic E-state index is 0.106. The number of hydrogen-bond donors (Lipinski definition) is 1. The molecule has 2 N–H and O–H groups in total. The van der Waals surface area contributed by atoms with Crippen molar-refractivity contribution in [2.45, 2.75) is 52.7 Å². The number of hydrogen-bond acceptors (Lipinski definition) is 8. The van der Waals surface area contributed by atoms with E-state index in [0.717, 1.165) is 28.2 Å². The second-order valence-electron chi connectivity index (χ2n) is 9.47. The molecular weight excluding hydrogens is 444 g/mol. The molecule has 0 bridgehead atoms. The summed E-state index contributed by atoms with van der Waals surface area (Å²) in [5.41, 5.74) is 11.5. The molecule has 1 fully saturated rings. The summed E-state index contributed by atoms with van der Waals surface area (Å²) >= 11 is 0. The van der Waals surface area contributed by atoms with Gasteiger partial charge in [0.2, 0.25) is 5.91 Å². The van der Waals surface area contributed by atoms with E-state index in [9.17, 15) is 4.79 Å². The summed E-state index contributed by atoms with van der Waals surface area (Å²) in [5.74, 6) is 0.485. The highest BCUT2D eigenvalue weighted by atomic mass is 16.2. The molecule has 1 aliphatic heterocycles. The molecule has 1 amide bonds. The highest BCUT2D eigenvalue weighted by Crippen LogP contribution is 2.36. The topological polar surface area (TPSA) is 123 Å². The molecule has 5 heterocycles. The molecule has 1 aliphatic rings. The van der Waals surface area contributed by atoms with Gasteiger partial charge in [0, 0.05) is 55.5 Å². The monoisotopic (exact) mass is 474 g/mol. The Morgan fingerprint density at radius 2 is 1.83 bits per heavy atom. The molecule has 35 heavy (non-hydrogen) atoms. The third kappa shape index (κ3) is 3.86. The molecule has 4 aromatic rings. The van der Waals surface area contributed by atoms with Crippen LogP contribution in [0.4, 0.5) is 11.5 Å². The number of amides is 1. The maximum Gasteiger partial charge on any atom is 0.219 e. The van der Waals surface area contributed by atoms with E-state index < -0.39 is 0 Å². The number of piperazine rings is 1. The first-order valence-corrected chi connectivity index (χ1v) is 11.8. The number of anilines is 2. The van der Waals surface area contributed by atoms with Crippen molar-refractivity contribution in [2.24, 2.45) is 0 Å². The molecule has 5 rings (SSSR count). The number of nitrogens with zero attached hydrogens (tertiary/aromatic N) is 9. The summed E-state index contributed by atoms with van der Waals surface area (Å²) in [6.07, 6.45) is 6.89. The number of carbonyl (C=O) groups is 1. The van der Waals surface area contributed by atoms with Gasteiger partial charge in [-0.1, -0.05) is 5.21 Å². The van der Waals surface area contributed by atoms with Gasteiger partial charge in [-0.05, 0) is 39.8 Å². The van der Waals surface area contributed by atoms with Crippen LogP contribution in [0.15, 0.2) is 37.1 Å². The van der Waals surface area contributed by atoms with Crippen LogP contribution in [0.25, 0.3) is 28.0 Å². The fourth-order valence-corrected chi connectivity index (χ4v) is 5.08. The molecule has 2 unspecified atom stereocenters. The van der Waals surface area contributed by atoms with Crippen LogP contribution in [0.2, 0.25) is 0 Å². The average Bonchev–Trinajstić information content (AvgIpc) is 3.44. The molecule has 0 saturated carbocycles. The van der Waals surface area contributed by atoms with Gasteiger partial charge in [0.25, 0.3) is 0 Å². The van der Waals surface area contributed by atoms with Crippen LogP contribution in [-0.2, 0) is 4.79 Å². The number of carbonyl (C=O) groups excluding carboxylic acids is 1. The maximum atomic E-state index is 11.9. The number of rotatable bonds is 4. The van der Waals surface area contributed by atoms with E-state index >= 15 is 0 Å². The molecule has 4 aromatic heterocycles. The lowest BCUT2D eigenvalue weighted by Crippen LogP contribution is -2.58. The third-order valence-electron chi connectivity index (χ3n) is 6.60. The molecule has 1 saturated heterocycles. The largest absolute Gasteiger partial charge is 0.382 e. The van der Waals surface area contributed by atoms with Crippen molar-refractivity contribution in [1.82, 2.24) is 39.5 Å². The Morgan fingerprint density at radius 3 is 2.51 bits per heavy atom. The molecule has 0 radical (unpaired) electrons. The van der Waals surface area contributed by atoms with E-state index in [-0.39, 0.29) is 24.0 Å². The molecule has 0 aromatic carbocycles. The number of nitrogens with two attached hydrogens (primary N) is 1. The molecule has 11 heteroatoms. The maximum absolute atomic E-state index is 11.9. The number of nitrogen functional groups attached to an aromatic ring is 1. The lowest BCUT2D eigenvalue weighted by Gasteiger charge is -2.45. The molecule has 0 spiro atoms. The highest BCUT2D eigenvalue weighted by molar-refractivity contribution is 5.90. The summed E-state index contributed by atoms with van der Waals surface area (Å²) in [6, 6.07) is 4.59. The van der Waals surface area contributed by atoms with E-state index in [4.69, 9.17) is 5.73 Å². The Kier molecular flexibility index (Phi) is 5.62. The minimum Gasteiger partial charge on any atom is -0.382 e. The van der Waals surface area contributed by atoms with Crippen molar-refractivity contribution >= 4 is 22.9 Å². The summed E-state index contributed by atoms with van der Waals surface area (Å²) < 4.78 is 3.66.